The largest absolute Gasteiger partial charge is 0.372 e. The number of hydrogen-bond donors (Lipinski definition) is 1. The van der Waals surface area contributed by atoms with Crippen molar-refractivity contribution in [1.82, 2.24) is 0 Å². The van der Waals surface area contributed by atoms with Gasteiger partial charge in [-0.25, -0.2) is 0 Å². The Balaban J connectivity index is 1.42. The van der Waals surface area contributed by atoms with E-state index in [1.54, 1.807) is 4.90 Å². The molecule has 0 saturated carbocycles. The first kappa shape index (κ1) is 20.9. The number of hydrogen-bond acceptors (Lipinski definition) is 2. The summed E-state index contributed by atoms with van der Waals surface area (Å²) in [6.07, 6.45) is 0. The number of anilines is 1. The number of fused-ring (bicyclic) bond motifs is 4. The molecular formula is C33H23NO2. The van der Waals surface area contributed by atoms with Crippen molar-refractivity contribution in [3.63, 3.8) is 0 Å². The van der Waals surface area contributed by atoms with E-state index in [2.05, 4.69) is 30.3 Å². The van der Waals surface area contributed by atoms with Crippen molar-refractivity contribution in [2.75, 3.05) is 4.90 Å². The standard InChI is InChI=1S/C33H23NO2/c35-32-33(36,26-18-17-22-9-1-2-10-23(22)20-26)30-15-7-8-16-31(30)34(32)21-29-27-13-5-3-11-24(27)19-25-12-4-6-14-28(25)29/h1-20,36H,21H2/t33-/m1/s1. The summed E-state index contributed by atoms with van der Waals surface area (Å²) in [7, 11) is 0. The summed E-state index contributed by atoms with van der Waals surface area (Å²) in [5, 5.41) is 18.7. The molecule has 7 rings (SSSR count). The van der Waals surface area contributed by atoms with E-state index < -0.39 is 5.60 Å². The second-order valence-corrected chi connectivity index (χ2v) is 9.48. The summed E-state index contributed by atoms with van der Waals surface area (Å²) in [6.45, 7) is 0.369. The highest BCUT2D eigenvalue weighted by atomic mass is 16.3. The van der Waals surface area contributed by atoms with Gasteiger partial charge in [-0.05, 0) is 61.6 Å². The summed E-state index contributed by atoms with van der Waals surface area (Å²) in [5.74, 6) is -0.323. The maximum absolute atomic E-state index is 14.2. The lowest BCUT2D eigenvalue weighted by molar-refractivity contribution is -0.132. The maximum atomic E-state index is 14.2. The number of carbonyl (C=O) groups is 1. The fourth-order valence-electron chi connectivity index (χ4n) is 5.72. The number of carbonyl (C=O) groups excluding carboxylic acids is 1. The molecule has 3 heteroatoms. The Labute approximate surface area is 208 Å². The Bertz CT molecular complexity index is 1770. The van der Waals surface area contributed by atoms with Crippen molar-refractivity contribution < 1.29 is 9.90 Å². The third-order valence-corrected chi connectivity index (χ3v) is 7.51. The first-order valence-corrected chi connectivity index (χ1v) is 12.2. The Morgan fingerprint density at radius 3 is 1.92 bits per heavy atom. The van der Waals surface area contributed by atoms with Gasteiger partial charge in [0.25, 0.3) is 5.91 Å². The molecule has 0 unspecified atom stereocenters. The zero-order chi connectivity index (χ0) is 24.3. The van der Waals surface area contributed by atoms with Gasteiger partial charge in [0, 0.05) is 5.56 Å². The van der Waals surface area contributed by atoms with Crippen LogP contribution in [0.1, 0.15) is 16.7 Å². The monoisotopic (exact) mass is 465 g/mol. The van der Waals surface area contributed by atoms with Gasteiger partial charge in [0.2, 0.25) is 0 Å². The average Bonchev–Trinajstić information content (AvgIpc) is 3.15. The van der Waals surface area contributed by atoms with Crippen LogP contribution in [0.4, 0.5) is 5.69 Å². The number of para-hydroxylation sites is 1. The molecule has 6 aromatic carbocycles. The highest BCUT2D eigenvalue weighted by Crippen LogP contribution is 2.46. The van der Waals surface area contributed by atoms with Gasteiger partial charge in [0.05, 0.1) is 12.2 Å². The third kappa shape index (κ3) is 2.93. The lowest BCUT2D eigenvalue weighted by Gasteiger charge is -2.25. The lowest BCUT2D eigenvalue weighted by atomic mass is 9.86. The second kappa shape index (κ2) is 7.77. The summed E-state index contributed by atoms with van der Waals surface area (Å²) in [4.78, 5) is 15.9. The molecule has 1 N–H and O–H groups in total. The Morgan fingerprint density at radius 1 is 0.611 bits per heavy atom. The third-order valence-electron chi connectivity index (χ3n) is 7.51. The summed E-state index contributed by atoms with van der Waals surface area (Å²) in [5.41, 5.74) is 1.28. The van der Waals surface area contributed by atoms with Gasteiger partial charge < -0.3 is 10.0 Å². The van der Waals surface area contributed by atoms with Gasteiger partial charge in [-0.3, -0.25) is 4.79 Å². The average molecular weight is 466 g/mol. The fraction of sp³-hybridized carbons (Fsp3) is 0.0606. The van der Waals surface area contributed by atoms with Gasteiger partial charge in [-0.2, -0.15) is 0 Å². The van der Waals surface area contributed by atoms with E-state index in [9.17, 15) is 9.90 Å². The number of rotatable bonds is 3. The van der Waals surface area contributed by atoms with Gasteiger partial charge in [-0.15, -0.1) is 0 Å². The summed E-state index contributed by atoms with van der Waals surface area (Å²) in [6, 6.07) is 40.1. The van der Waals surface area contributed by atoms with Crippen LogP contribution in [0.3, 0.4) is 0 Å². The minimum absolute atomic E-state index is 0.323. The molecule has 6 aromatic rings. The van der Waals surface area contributed by atoms with E-state index >= 15 is 0 Å². The smallest absolute Gasteiger partial charge is 0.268 e. The molecular weight excluding hydrogens is 442 g/mol. The van der Waals surface area contributed by atoms with E-state index in [1.165, 1.54) is 0 Å². The van der Waals surface area contributed by atoms with Gasteiger partial charge in [0.1, 0.15) is 0 Å². The number of aliphatic hydroxyl groups is 1. The van der Waals surface area contributed by atoms with Crippen LogP contribution >= 0.6 is 0 Å². The topological polar surface area (TPSA) is 40.5 Å². The van der Waals surface area contributed by atoms with E-state index in [4.69, 9.17) is 0 Å². The van der Waals surface area contributed by atoms with Crippen LogP contribution in [-0.4, -0.2) is 11.0 Å². The first-order chi connectivity index (χ1) is 17.6. The van der Waals surface area contributed by atoms with E-state index in [1.807, 2.05) is 91.0 Å². The second-order valence-electron chi connectivity index (χ2n) is 9.48. The first-order valence-electron chi connectivity index (χ1n) is 12.2. The van der Waals surface area contributed by atoms with Crippen LogP contribution in [-0.2, 0) is 16.9 Å². The van der Waals surface area contributed by atoms with E-state index in [-0.39, 0.29) is 5.91 Å². The molecule has 1 aliphatic heterocycles. The number of benzene rings is 6. The normalized spacial score (nSPS) is 17.2. The SMILES string of the molecule is O=C1N(Cc2c3ccccc3cc3ccccc23)c2ccccc2[C@]1(O)c1ccc2ccccc2c1. The molecule has 3 nitrogen and oxygen atoms in total. The Morgan fingerprint density at radius 2 is 1.19 bits per heavy atom. The minimum Gasteiger partial charge on any atom is -0.372 e. The van der Waals surface area contributed by atoms with Crippen molar-refractivity contribution in [2.45, 2.75) is 12.1 Å². The molecule has 1 heterocycles. The molecule has 0 aliphatic carbocycles. The maximum Gasteiger partial charge on any atom is 0.268 e. The van der Waals surface area contributed by atoms with Crippen molar-refractivity contribution in [3.8, 4) is 0 Å². The van der Waals surface area contributed by atoms with Crippen LogP contribution in [0.15, 0.2) is 121 Å². The van der Waals surface area contributed by atoms with Crippen LogP contribution in [0, 0.1) is 0 Å². The molecule has 0 fully saturated rings. The molecule has 0 saturated heterocycles. The molecule has 36 heavy (non-hydrogen) atoms. The predicted octanol–water partition coefficient (Wildman–Crippen LogP) is 6.93. The fourth-order valence-corrected chi connectivity index (χ4v) is 5.72. The van der Waals surface area contributed by atoms with Gasteiger partial charge >= 0.3 is 0 Å². The Hall–Kier alpha value is -4.47. The zero-order valence-corrected chi connectivity index (χ0v) is 19.6. The summed E-state index contributed by atoms with van der Waals surface area (Å²) < 4.78 is 0. The van der Waals surface area contributed by atoms with Crippen molar-refractivity contribution >= 4 is 43.9 Å². The zero-order valence-electron chi connectivity index (χ0n) is 19.6. The number of amides is 1. The van der Waals surface area contributed by atoms with Crippen LogP contribution < -0.4 is 4.90 Å². The summed E-state index contributed by atoms with van der Waals surface area (Å²) >= 11 is 0. The molecule has 0 radical (unpaired) electrons. The molecule has 172 valence electrons. The van der Waals surface area contributed by atoms with Crippen LogP contribution in [0.5, 0.6) is 0 Å². The lowest BCUT2D eigenvalue weighted by Crippen LogP contribution is -2.41. The van der Waals surface area contributed by atoms with Gasteiger partial charge in [-0.1, -0.05) is 103 Å². The van der Waals surface area contributed by atoms with Crippen molar-refractivity contribution in [2.24, 2.45) is 0 Å². The van der Waals surface area contributed by atoms with Crippen LogP contribution in [0.2, 0.25) is 0 Å². The predicted molar refractivity (Wildman–Crippen MR) is 146 cm³/mol. The highest BCUT2D eigenvalue weighted by molar-refractivity contribution is 6.11. The van der Waals surface area contributed by atoms with Crippen LogP contribution in [0.25, 0.3) is 32.3 Å². The Kier molecular flexibility index (Phi) is 4.50. The molecule has 0 spiro atoms. The van der Waals surface area contributed by atoms with E-state index in [0.717, 1.165) is 43.6 Å². The quantitative estimate of drug-likeness (QED) is 0.288. The molecule has 1 amide bonds. The number of nitrogens with zero attached hydrogens (tertiary/aromatic N) is 1. The van der Waals surface area contributed by atoms with Gasteiger partial charge in [0.15, 0.2) is 5.60 Å². The minimum atomic E-state index is -1.75. The van der Waals surface area contributed by atoms with E-state index in [0.29, 0.717) is 17.7 Å². The van der Waals surface area contributed by atoms with Crippen molar-refractivity contribution in [1.29, 1.82) is 0 Å². The highest BCUT2D eigenvalue weighted by Gasteiger charge is 2.51. The molecule has 1 atom stereocenters. The molecule has 1 aliphatic rings. The van der Waals surface area contributed by atoms with Crippen molar-refractivity contribution in [3.05, 3.63) is 138 Å². The molecule has 0 aromatic heterocycles. The molecule has 0 bridgehead atoms.